The average Bonchev–Trinajstić information content (AvgIpc) is 3.28. The number of quaternary nitrogens is 2. The van der Waals surface area contributed by atoms with Gasteiger partial charge in [-0.15, -0.1) is 0 Å². The number of nitrogens with one attached hydrogen (secondary N) is 2. The van der Waals surface area contributed by atoms with Gasteiger partial charge in [0.2, 0.25) is 11.8 Å². The lowest BCUT2D eigenvalue weighted by Gasteiger charge is -2.21. The van der Waals surface area contributed by atoms with Crippen molar-refractivity contribution in [3.63, 3.8) is 0 Å². The zero-order chi connectivity index (χ0) is 26.3. The van der Waals surface area contributed by atoms with E-state index in [4.69, 9.17) is 0 Å². The zero-order valence-electron chi connectivity index (χ0n) is 19.9. The maximum atomic E-state index is 13.1. The van der Waals surface area contributed by atoms with Crippen LogP contribution in [0.2, 0.25) is 0 Å². The molecule has 3 rings (SSSR count). The Morgan fingerprint density at radius 3 is 2.42 bits per heavy atom. The highest BCUT2D eigenvalue weighted by atomic mass is 19.4. The Hall–Kier alpha value is -3.44. The van der Waals surface area contributed by atoms with E-state index in [0.717, 1.165) is 24.1 Å². The van der Waals surface area contributed by atoms with Gasteiger partial charge in [-0.25, -0.2) is 0 Å². The molecular formula is C25H32F3N5O3+2. The van der Waals surface area contributed by atoms with E-state index in [1.54, 1.807) is 4.90 Å². The Kier molecular flexibility index (Phi) is 9.05. The molecule has 0 saturated carbocycles. The van der Waals surface area contributed by atoms with Crippen LogP contribution in [0.5, 0.6) is 0 Å². The summed E-state index contributed by atoms with van der Waals surface area (Å²) in [6.45, 7) is 1.12. The summed E-state index contributed by atoms with van der Waals surface area (Å²) in [5.41, 5.74) is 7.74. The highest BCUT2D eigenvalue weighted by molar-refractivity contribution is 5.98. The van der Waals surface area contributed by atoms with Crippen molar-refractivity contribution in [2.45, 2.75) is 50.0 Å². The van der Waals surface area contributed by atoms with Crippen molar-refractivity contribution in [2.24, 2.45) is 0 Å². The van der Waals surface area contributed by atoms with Gasteiger partial charge in [0.15, 0.2) is 6.04 Å². The number of carbonyl (C=O) groups is 3. The first-order valence-electron chi connectivity index (χ1n) is 11.8. The molecule has 1 aliphatic rings. The summed E-state index contributed by atoms with van der Waals surface area (Å²) in [5.74, 6) is -1.44. The molecule has 0 unspecified atom stereocenters. The lowest BCUT2D eigenvalue weighted by atomic mass is 10.0. The monoisotopic (exact) mass is 507 g/mol. The first-order chi connectivity index (χ1) is 17.0. The molecule has 1 aliphatic heterocycles. The van der Waals surface area contributed by atoms with E-state index in [1.165, 1.54) is 12.1 Å². The van der Waals surface area contributed by atoms with Gasteiger partial charge in [-0.05, 0) is 36.6 Å². The topological polar surface area (TPSA) is 134 Å². The molecule has 3 atom stereocenters. The van der Waals surface area contributed by atoms with Gasteiger partial charge in [0.1, 0.15) is 12.1 Å². The van der Waals surface area contributed by atoms with Gasteiger partial charge in [-0.2, -0.15) is 13.2 Å². The second-order valence-electron chi connectivity index (χ2n) is 9.05. The molecule has 0 bridgehead atoms. The number of rotatable bonds is 9. The van der Waals surface area contributed by atoms with E-state index < -0.39 is 35.6 Å². The quantitative estimate of drug-likeness (QED) is 0.396. The summed E-state index contributed by atoms with van der Waals surface area (Å²) >= 11 is 0. The SMILES string of the molecule is [NH3+][C@H]1CCN(C(=O)C[C@H]([NH3+])C(=O)N[C@@H](CCc2ccccc2)C(=O)Nc2cccc(C(F)(F)F)c2)C1. The van der Waals surface area contributed by atoms with Crippen molar-refractivity contribution in [3.05, 3.63) is 65.7 Å². The number of benzene rings is 2. The van der Waals surface area contributed by atoms with Gasteiger partial charge in [-0.1, -0.05) is 36.4 Å². The number of aryl methyl sites for hydroxylation is 1. The van der Waals surface area contributed by atoms with Crippen LogP contribution in [-0.4, -0.2) is 53.8 Å². The molecule has 0 aromatic heterocycles. The van der Waals surface area contributed by atoms with Gasteiger partial charge in [-0.3, -0.25) is 14.4 Å². The molecule has 2 aromatic carbocycles. The predicted molar refractivity (Wildman–Crippen MR) is 126 cm³/mol. The number of carbonyl (C=O) groups excluding carboxylic acids is 3. The molecule has 0 aliphatic carbocycles. The fraction of sp³-hybridized carbons (Fsp3) is 0.400. The van der Waals surface area contributed by atoms with Crippen molar-refractivity contribution in [2.75, 3.05) is 18.4 Å². The largest absolute Gasteiger partial charge is 0.416 e. The van der Waals surface area contributed by atoms with Gasteiger partial charge < -0.3 is 27.0 Å². The van der Waals surface area contributed by atoms with Crippen LogP contribution in [0, 0.1) is 0 Å². The minimum absolute atomic E-state index is 0.0353. The molecule has 2 aromatic rings. The minimum Gasteiger partial charge on any atom is -0.354 e. The molecular weight excluding hydrogens is 475 g/mol. The number of alkyl halides is 3. The molecule has 36 heavy (non-hydrogen) atoms. The maximum absolute atomic E-state index is 13.1. The molecule has 1 fully saturated rings. The van der Waals surface area contributed by atoms with Crippen LogP contribution in [0.25, 0.3) is 0 Å². The van der Waals surface area contributed by atoms with Crippen LogP contribution in [0.15, 0.2) is 54.6 Å². The summed E-state index contributed by atoms with van der Waals surface area (Å²) in [5, 5.41) is 5.11. The van der Waals surface area contributed by atoms with Crippen molar-refractivity contribution in [1.29, 1.82) is 0 Å². The molecule has 0 radical (unpaired) electrons. The van der Waals surface area contributed by atoms with E-state index in [9.17, 15) is 27.6 Å². The molecule has 0 spiro atoms. The van der Waals surface area contributed by atoms with Crippen molar-refractivity contribution in [1.82, 2.24) is 10.2 Å². The molecule has 8 nitrogen and oxygen atoms in total. The average molecular weight is 508 g/mol. The Labute approximate surface area is 207 Å². The molecule has 1 heterocycles. The molecule has 194 valence electrons. The van der Waals surface area contributed by atoms with Crippen molar-refractivity contribution >= 4 is 23.4 Å². The van der Waals surface area contributed by atoms with Crippen LogP contribution in [0.4, 0.5) is 18.9 Å². The second-order valence-corrected chi connectivity index (χ2v) is 9.05. The number of halogens is 3. The minimum atomic E-state index is -4.56. The summed E-state index contributed by atoms with van der Waals surface area (Å²) < 4.78 is 39.2. The summed E-state index contributed by atoms with van der Waals surface area (Å²) in [6.07, 6.45) is -3.22. The number of amides is 3. The fourth-order valence-electron chi connectivity index (χ4n) is 4.01. The Morgan fingerprint density at radius 1 is 1.06 bits per heavy atom. The summed E-state index contributed by atoms with van der Waals surface area (Å²) in [6, 6.07) is 11.8. The number of hydrogen-bond acceptors (Lipinski definition) is 3. The third-order valence-corrected chi connectivity index (χ3v) is 6.09. The van der Waals surface area contributed by atoms with Gasteiger partial charge >= 0.3 is 6.18 Å². The van der Waals surface area contributed by atoms with Crippen LogP contribution in [-0.2, 0) is 27.0 Å². The summed E-state index contributed by atoms with van der Waals surface area (Å²) in [7, 11) is 0. The predicted octanol–water partition coefficient (Wildman–Crippen LogP) is 0.605. The van der Waals surface area contributed by atoms with Crippen LogP contribution < -0.4 is 22.1 Å². The number of likely N-dealkylation sites (tertiary alicyclic amines) is 1. The first kappa shape index (κ1) is 27.2. The number of anilines is 1. The van der Waals surface area contributed by atoms with E-state index in [0.29, 0.717) is 19.5 Å². The third-order valence-electron chi connectivity index (χ3n) is 6.09. The number of hydrogen-bond donors (Lipinski definition) is 4. The Balaban J connectivity index is 1.67. The molecule has 8 N–H and O–H groups in total. The maximum Gasteiger partial charge on any atom is 0.416 e. The van der Waals surface area contributed by atoms with E-state index in [2.05, 4.69) is 22.1 Å². The lowest BCUT2D eigenvalue weighted by Crippen LogP contribution is -2.69. The standard InChI is InChI=1S/C25H30F3N5O3/c26-25(27,28)17-7-4-8-19(13-17)31-24(36)21(10-9-16-5-2-1-3-6-16)32-23(35)20(30)14-22(34)33-12-11-18(29)15-33/h1-8,13,18,20-21H,9-12,14-15,29-30H2,(H,31,36)(H,32,35)/p+2/t18-,20-,21-/m0/s1. The van der Waals surface area contributed by atoms with Crippen LogP contribution in [0.3, 0.4) is 0 Å². The zero-order valence-corrected chi connectivity index (χ0v) is 19.9. The molecule has 1 saturated heterocycles. The molecule has 3 amide bonds. The highest BCUT2D eigenvalue weighted by Crippen LogP contribution is 2.30. The smallest absolute Gasteiger partial charge is 0.354 e. The second kappa shape index (κ2) is 12.0. The van der Waals surface area contributed by atoms with Gasteiger partial charge in [0, 0.05) is 18.7 Å². The van der Waals surface area contributed by atoms with Crippen molar-refractivity contribution in [3.8, 4) is 0 Å². The Bertz CT molecular complexity index is 1060. The molecule has 11 heteroatoms. The first-order valence-corrected chi connectivity index (χ1v) is 11.8. The lowest BCUT2D eigenvalue weighted by molar-refractivity contribution is -0.414. The normalized spacial score (nSPS) is 17.4. The van der Waals surface area contributed by atoms with Gasteiger partial charge in [0.05, 0.1) is 18.5 Å². The third kappa shape index (κ3) is 7.79. The highest BCUT2D eigenvalue weighted by Gasteiger charge is 2.33. The van der Waals surface area contributed by atoms with E-state index in [1.807, 2.05) is 30.3 Å². The Morgan fingerprint density at radius 2 is 1.78 bits per heavy atom. The van der Waals surface area contributed by atoms with E-state index >= 15 is 0 Å². The van der Waals surface area contributed by atoms with E-state index in [-0.39, 0.29) is 30.5 Å². The van der Waals surface area contributed by atoms with Crippen molar-refractivity contribution < 1.29 is 39.0 Å². The summed E-state index contributed by atoms with van der Waals surface area (Å²) in [4.78, 5) is 40.0. The number of nitrogens with zero attached hydrogens (tertiary/aromatic N) is 1. The van der Waals surface area contributed by atoms with Crippen LogP contribution in [0.1, 0.15) is 30.4 Å². The van der Waals surface area contributed by atoms with Crippen LogP contribution >= 0.6 is 0 Å². The fourth-order valence-corrected chi connectivity index (χ4v) is 4.01. The van der Waals surface area contributed by atoms with Gasteiger partial charge in [0.25, 0.3) is 5.91 Å².